The number of phenols is 1. The van der Waals surface area contributed by atoms with Crippen LogP contribution in [-0.2, 0) is 20.4 Å². The number of para-hydroxylation sites is 1. The lowest BCUT2D eigenvalue weighted by molar-refractivity contribution is -0.137. The van der Waals surface area contributed by atoms with Crippen LogP contribution in [0, 0.1) is 6.92 Å². The number of aryl methyl sites for hydroxylation is 1. The number of anilines is 2. The molecular formula is C21H21F3N2O5. The van der Waals surface area contributed by atoms with Gasteiger partial charge in [-0.1, -0.05) is 12.1 Å². The van der Waals surface area contributed by atoms with Crippen molar-refractivity contribution in [3.8, 4) is 5.75 Å². The van der Waals surface area contributed by atoms with Crippen LogP contribution in [0.15, 0.2) is 36.4 Å². The van der Waals surface area contributed by atoms with Crippen molar-refractivity contribution >= 4 is 23.3 Å². The number of hydrogen-bond donors (Lipinski definition) is 2. The largest absolute Gasteiger partial charge is 0.507 e. The minimum absolute atomic E-state index is 0.0452. The highest BCUT2D eigenvalue weighted by atomic mass is 19.4. The predicted octanol–water partition coefficient (Wildman–Crippen LogP) is 3.35. The molecule has 3 rings (SSSR count). The van der Waals surface area contributed by atoms with Gasteiger partial charge in [-0.15, -0.1) is 0 Å². The van der Waals surface area contributed by atoms with E-state index >= 15 is 0 Å². The second kappa shape index (κ2) is 9.25. The highest BCUT2D eigenvalue weighted by molar-refractivity contribution is 5.98. The number of amides is 1. The Balaban J connectivity index is 1.74. The Kier molecular flexibility index (Phi) is 6.69. The van der Waals surface area contributed by atoms with E-state index in [2.05, 4.69) is 5.32 Å². The second-order valence-corrected chi connectivity index (χ2v) is 6.92. The Morgan fingerprint density at radius 2 is 1.90 bits per heavy atom. The van der Waals surface area contributed by atoms with Gasteiger partial charge in [-0.05, 0) is 36.8 Å². The number of carbonyl (C=O) groups is 2. The Morgan fingerprint density at radius 3 is 2.58 bits per heavy atom. The third-order valence-corrected chi connectivity index (χ3v) is 4.74. The Morgan fingerprint density at radius 1 is 1.19 bits per heavy atom. The fraction of sp³-hybridized carbons (Fsp3) is 0.333. The predicted molar refractivity (Wildman–Crippen MR) is 106 cm³/mol. The number of alkyl halides is 3. The van der Waals surface area contributed by atoms with Crippen LogP contribution in [0.2, 0.25) is 0 Å². The average molecular weight is 438 g/mol. The molecule has 7 nitrogen and oxygen atoms in total. The zero-order valence-electron chi connectivity index (χ0n) is 16.7. The molecule has 2 aromatic rings. The molecule has 1 aliphatic rings. The number of benzene rings is 2. The van der Waals surface area contributed by atoms with Crippen LogP contribution in [0.4, 0.5) is 24.5 Å². The molecule has 1 saturated heterocycles. The zero-order chi connectivity index (χ0) is 22.6. The van der Waals surface area contributed by atoms with Gasteiger partial charge >= 0.3 is 12.1 Å². The van der Waals surface area contributed by atoms with Crippen molar-refractivity contribution in [3.05, 3.63) is 53.1 Å². The van der Waals surface area contributed by atoms with Gasteiger partial charge in [-0.2, -0.15) is 13.2 Å². The molecule has 0 spiro atoms. The number of halogens is 3. The minimum Gasteiger partial charge on any atom is -0.507 e. The van der Waals surface area contributed by atoms with E-state index in [1.54, 1.807) is 24.0 Å². The zero-order valence-corrected chi connectivity index (χ0v) is 16.7. The summed E-state index contributed by atoms with van der Waals surface area (Å²) in [4.78, 5) is 26.3. The number of nitrogens with one attached hydrogen (secondary N) is 1. The van der Waals surface area contributed by atoms with E-state index in [9.17, 15) is 27.9 Å². The van der Waals surface area contributed by atoms with Crippen molar-refractivity contribution in [1.82, 2.24) is 0 Å². The van der Waals surface area contributed by atoms with Crippen LogP contribution in [0.3, 0.4) is 0 Å². The highest BCUT2D eigenvalue weighted by Gasteiger charge is 2.32. The summed E-state index contributed by atoms with van der Waals surface area (Å²) in [5.41, 5.74) is -0.205. The molecule has 0 aromatic heterocycles. The monoisotopic (exact) mass is 438 g/mol. The standard InChI is InChI=1S/C21H21F3N2O5/c1-13-3-2-4-15(19(13)28)20(29)31-12-18(27)25-16-11-14(21(22,23)24)5-6-17(16)26-7-9-30-10-8-26/h2-6,11,28H,7-10,12H2,1H3,(H,25,27). The van der Waals surface area contributed by atoms with Gasteiger partial charge in [0.05, 0.1) is 30.2 Å². The topological polar surface area (TPSA) is 88.1 Å². The summed E-state index contributed by atoms with van der Waals surface area (Å²) in [6.45, 7) is 2.59. The molecule has 0 bridgehead atoms. The number of morpholine rings is 1. The fourth-order valence-corrected chi connectivity index (χ4v) is 3.11. The van der Waals surface area contributed by atoms with Crippen LogP contribution in [0.25, 0.3) is 0 Å². The van der Waals surface area contributed by atoms with E-state index in [0.717, 1.165) is 12.1 Å². The summed E-state index contributed by atoms with van der Waals surface area (Å²) in [6, 6.07) is 7.56. The lowest BCUT2D eigenvalue weighted by Gasteiger charge is -2.31. The molecule has 0 unspecified atom stereocenters. The first-order valence-electron chi connectivity index (χ1n) is 9.46. The number of esters is 1. The first kappa shape index (κ1) is 22.4. The number of ether oxygens (including phenoxy) is 2. The maximum atomic E-state index is 13.2. The van der Waals surface area contributed by atoms with E-state index in [0.29, 0.717) is 37.6 Å². The third-order valence-electron chi connectivity index (χ3n) is 4.74. The molecule has 1 aliphatic heterocycles. The number of rotatable bonds is 5. The van der Waals surface area contributed by atoms with Gasteiger partial charge < -0.3 is 24.8 Å². The van der Waals surface area contributed by atoms with E-state index in [1.165, 1.54) is 12.1 Å². The lowest BCUT2D eigenvalue weighted by Crippen LogP contribution is -2.37. The molecule has 10 heteroatoms. The second-order valence-electron chi connectivity index (χ2n) is 6.92. The van der Waals surface area contributed by atoms with Gasteiger partial charge in [0.1, 0.15) is 11.3 Å². The molecule has 166 valence electrons. The Hall–Kier alpha value is -3.27. The molecular weight excluding hydrogens is 417 g/mol. The molecule has 2 aromatic carbocycles. The van der Waals surface area contributed by atoms with Crippen molar-refractivity contribution in [2.45, 2.75) is 13.1 Å². The summed E-state index contributed by atoms with van der Waals surface area (Å²) in [5.74, 6) is -2.00. The molecule has 1 fully saturated rings. The van der Waals surface area contributed by atoms with E-state index in [1.807, 2.05) is 0 Å². The quantitative estimate of drug-likeness (QED) is 0.697. The van der Waals surface area contributed by atoms with E-state index in [4.69, 9.17) is 9.47 Å². The van der Waals surface area contributed by atoms with E-state index in [-0.39, 0.29) is 17.0 Å². The number of phenolic OH excluding ortho intramolecular Hbond substituents is 1. The summed E-state index contributed by atoms with van der Waals surface area (Å²) >= 11 is 0. The van der Waals surface area contributed by atoms with Gasteiger partial charge in [-0.3, -0.25) is 4.79 Å². The molecule has 0 radical (unpaired) electrons. The van der Waals surface area contributed by atoms with E-state index < -0.39 is 30.2 Å². The summed E-state index contributed by atoms with van der Waals surface area (Å²) in [6.07, 6.45) is -4.59. The molecule has 2 N–H and O–H groups in total. The summed E-state index contributed by atoms with van der Waals surface area (Å²) in [7, 11) is 0. The first-order chi connectivity index (χ1) is 14.7. The number of nitrogens with zero attached hydrogens (tertiary/aromatic N) is 1. The van der Waals surface area contributed by atoms with Crippen LogP contribution in [-0.4, -0.2) is 49.9 Å². The van der Waals surface area contributed by atoms with Crippen LogP contribution >= 0.6 is 0 Å². The van der Waals surface area contributed by atoms with Crippen molar-refractivity contribution in [3.63, 3.8) is 0 Å². The maximum Gasteiger partial charge on any atom is 0.416 e. The summed E-state index contributed by atoms with van der Waals surface area (Å²) < 4.78 is 49.6. The number of aromatic hydroxyl groups is 1. The molecule has 0 atom stereocenters. The van der Waals surface area contributed by atoms with Crippen LogP contribution in [0.1, 0.15) is 21.5 Å². The first-order valence-corrected chi connectivity index (χ1v) is 9.46. The van der Waals surface area contributed by atoms with Crippen molar-refractivity contribution in [2.75, 3.05) is 43.1 Å². The Labute approximate surface area is 176 Å². The molecule has 0 aliphatic carbocycles. The average Bonchev–Trinajstić information content (AvgIpc) is 2.74. The van der Waals surface area contributed by atoms with Crippen LogP contribution < -0.4 is 10.2 Å². The van der Waals surface area contributed by atoms with Crippen molar-refractivity contribution in [2.24, 2.45) is 0 Å². The SMILES string of the molecule is Cc1cccc(C(=O)OCC(=O)Nc2cc(C(F)(F)F)ccc2N2CCOCC2)c1O. The van der Waals surface area contributed by atoms with Gasteiger partial charge in [0.2, 0.25) is 0 Å². The molecule has 1 heterocycles. The number of carbonyl (C=O) groups excluding carboxylic acids is 2. The highest BCUT2D eigenvalue weighted by Crippen LogP contribution is 2.35. The maximum absolute atomic E-state index is 13.2. The smallest absolute Gasteiger partial charge is 0.416 e. The molecule has 0 saturated carbocycles. The lowest BCUT2D eigenvalue weighted by atomic mass is 10.1. The summed E-state index contributed by atoms with van der Waals surface area (Å²) in [5, 5.41) is 12.3. The number of hydrogen-bond acceptors (Lipinski definition) is 6. The minimum atomic E-state index is -4.59. The molecule has 1 amide bonds. The normalized spacial score (nSPS) is 14.3. The van der Waals surface area contributed by atoms with Gasteiger partial charge in [0, 0.05) is 13.1 Å². The van der Waals surface area contributed by atoms with Crippen LogP contribution in [0.5, 0.6) is 5.75 Å². The van der Waals surface area contributed by atoms with Gasteiger partial charge in [0.15, 0.2) is 6.61 Å². The molecule has 31 heavy (non-hydrogen) atoms. The van der Waals surface area contributed by atoms with Crippen molar-refractivity contribution in [1.29, 1.82) is 0 Å². The third kappa shape index (κ3) is 5.46. The Bertz CT molecular complexity index is 972. The fourth-order valence-electron chi connectivity index (χ4n) is 3.11. The van der Waals surface area contributed by atoms with Gasteiger partial charge in [0.25, 0.3) is 5.91 Å². The van der Waals surface area contributed by atoms with Crippen molar-refractivity contribution < 1.29 is 37.3 Å². The van der Waals surface area contributed by atoms with Gasteiger partial charge in [-0.25, -0.2) is 4.79 Å².